The third-order valence-electron chi connectivity index (χ3n) is 4.74. The van der Waals surface area contributed by atoms with Crippen molar-refractivity contribution in [1.29, 1.82) is 0 Å². The van der Waals surface area contributed by atoms with E-state index in [9.17, 15) is 9.18 Å². The number of likely N-dealkylation sites (tertiary alicyclic amines) is 1. The van der Waals surface area contributed by atoms with E-state index in [2.05, 4.69) is 20.1 Å². The number of carbonyl (C=O) groups is 1. The van der Waals surface area contributed by atoms with Crippen LogP contribution in [-0.2, 0) is 6.54 Å². The van der Waals surface area contributed by atoms with Gasteiger partial charge in [-0.3, -0.25) is 0 Å². The summed E-state index contributed by atoms with van der Waals surface area (Å²) >= 11 is 0. The topological polar surface area (TPSA) is 63.1 Å². The van der Waals surface area contributed by atoms with Gasteiger partial charge in [0.1, 0.15) is 18.0 Å². The van der Waals surface area contributed by atoms with Crippen LogP contribution in [0, 0.1) is 5.82 Å². The number of hydrogen-bond acceptors (Lipinski definition) is 3. The van der Waals surface area contributed by atoms with Crippen LogP contribution in [0.5, 0.6) is 0 Å². The Balaban J connectivity index is 1.33. The van der Waals surface area contributed by atoms with Gasteiger partial charge in [0.25, 0.3) is 0 Å². The summed E-state index contributed by atoms with van der Waals surface area (Å²) in [5.41, 5.74) is 0.885. The van der Waals surface area contributed by atoms with Gasteiger partial charge in [-0.1, -0.05) is 12.1 Å². The van der Waals surface area contributed by atoms with Crippen LogP contribution < -0.4 is 5.32 Å². The molecule has 1 aromatic carbocycles. The standard InChI is InChI=1S/C17H20FN5O/c18-14-5-1-12(2-6-14)9-19-17(24)22-8-7-15(10-22)23-11-20-21-16(23)13-3-4-13/h1-2,5-6,11,13,15H,3-4,7-10H2,(H,19,24). The fourth-order valence-corrected chi connectivity index (χ4v) is 3.21. The normalized spacial score (nSPS) is 20.4. The van der Waals surface area contributed by atoms with Crippen LogP contribution in [0.3, 0.4) is 0 Å². The Hall–Kier alpha value is -2.44. The Morgan fingerprint density at radius 3 is 2.79 bits per heavy atom. The highest BCUT2D eigenvalue weighted by atomic mass is 19.1. The summed E-state index contributed by atoms with van der Waals surface area (Å²) in [6.07, 6.45) is 5.08. The number of nitrogens with one attached hydrogen (secondary N) is 1. The van der Waals surface area contributed by atoms with E-state index in [1.54, 1.807) is 18.5 Å². The van der Waals surface area contributed by atoms with E-state index >= 15 is 0 Å². The fraction of sp³-hybridized carbons (Fsp3) is 0.471. The Bertz CT molecular complexity index is 725. The van der Waals surface area contributed by atoms with E-state index in [-0.39, 0.29) is 17.9 Å². The summed E-state index contributed by atoms with van der Waals surface area (Å²) in [4.78, 5) is 14.2. The van der Waals surface area contributed by atoms with Crippen LogP contribution in [0.15, 0.2) is 30.6 Å². The summed E-state index contributed by atoms with van der Waals surface area (Å²) in [5, 5.41) is 11.2. The van der Waals surface area contributed by atoms with Crippen molar-refractivity contribution in [2.45, 2.75) is 37.8 Å². The van der Waals surface area contributed by atoms with E-state index in [1.807, 2.05) is 4.90 Å². The van der Waals surface area contributed by atoms with Crippen molar-refractivity contribution in [3.8, 4) is 0 Å². The molecule has 2 aliphatic rings. The molecular formula is C17H20FN5O. The van der Waals surface area contributed by atoms with Gasteiger partial charge >= 0.3 is 6.03 Å². The maximum atomic E-state index is 12.9. The van der Waals surface area contributed by atoms with Crippen LogP contribution in [0.25, 0.3) is 0 Å². The van der Waals surface area contributed by atoms with Gasteiger partial charge in [0.05, 0.1) is 6.04 Å². The number of halogens is 1. The molecule has 1 unspecified atom stereocenters. The molecule has 6 nitrogen and oxygen atoms in total. The molecule has 2 amide bonds. The minimum atomic E-state index is -0.270. The zero-order valence-electron chi connectivity index (χ0n) is 13.4. The number of benzene rings is 1. The number of carbonyl (C=O) groups excluding carboxylic acids is 1. The molecule has 2 aromatic rings. The average molecular weight is 329 g/mol. The Morgan fingerprint density at radius 2 is 2.04 bits per heavy atom. The third-order valence-corrected chi connectivity index (χ3v) is 4.74. The van der Waals surface area contributed by atoms with Crippen molar-refractivity contribution in [2.24, 2.45) is 0 Å². The molecule has 1 N–H and O–H groups in total. The molecule has 1 aliphatic carbocycles. The summed E-state index contributed by atoms with van der Waals surface area (Å²) in [5.74, 6) is 1.34. The van der Waals surface area contributed by atoms with Crippen LogP contribution in [0.1, 0.15) is 42.6 Å². The highest BCUT2D eigenvalue weighted by Gasteiger charge is 2.34. The molecule has 0 bridgehead atoms. The van der Waals surface area contributed by atoms with Crippen molar-refractivity contribution >= 4 is 6.03 Å². The van der Waals surface area contributed by atoms with Gasteiger partial charge in [0, 0.05) is 25.6 Å². The second-order valence-corrected chi connectivity index (χ2v) is 6.54. The van der Waals surface area contributed by atoms with E-state index in [0.717, 1.165) is 24.4 Å². The van der Waals surface area contributed by atoms with E-state index in [4.69, 9.17) is 0 Å². The number of amides is 2. The van der Waals surface area contributed by atoms with Crippen molar-refractivity contribution < 1.29 is 9.18 Å². The van der Waals surface area contributed by atoms with Gasteiger partial charge in [-0.05, 0) is 37.0 Å². The first kappa shape index (κ1) is 15.1. The van der Waals surface area contributed by atoms with E-state index < -0.39 is 0 Å². The van der Waals surface area contributed by atoms with Crippen LogP contribution >= 0.6 is 0 Å². The minimum Gasteiger partial charge on any atom is -0.334 e. The second kappa shape index (κ2) is 6.22. The first-order valence-corrected chi connectivity index (χ1v) is 8.37. The molecule has 24 heavy (non-hydrogen) atoms. The lowest BCUT2D eigenvalue weighted by atomic mass is 10.2. The monoisotopic (exact) mass is 329 g/mol. The molecule has 2 heterocycles. The van der Waals surface area contributed by atoms with Crippen LogP contribution in [0.4, 0.5) is 9.18 Å². The SMILES string of the molecule is O=C(NCc1ccc(F)cc1)N1CCC(n2cnnc2C2CC2)C1. The lowest BCUT2D eigenvalue weighted by molar-refractivity contribution is 0.206. The van der Waals surface area contributed by atoms with Gasteiger partial charge in [-0.2, -0.15) is 0 Å². The zero-order valence-corrected chi connectivity index (χ0v) is 13.4. The number of hydrogen-bond donors (Lipinski definition) is 1. The maximum absolute atomic E-state index is 12.9. The fourth-order valence-electron chi connectivity index (χ4n) is 3.21. The average Bonchev–Trinajstić information content (AvgIpc) is 3.12. The molecule has 1 aromatic heterocycles. The Labute approximate surface area is 139 Å². The number of urea groups is 1. The van der Waals surface area contributed by atoms with Gasteiger partial charge in [-0.25, -0.2) is 9.18 Å². The highest BCUT2D eigenvalue weighted by molar-refractivity contribution is 5.74. The molecule has 1 saturated carbocycles. The molecule has 0 spiro atoms. The summed E-state index contributed by atoms with van der Waals surface area (Å²) in [6, 6.07) is 6.34. The predicted octanol–water partition coefficient (Wildman–Crippen LogP) is 2.45. The molecule has 2 fully saturated rings. The van der Waals surface area contributed by atoms with E-state index in [1.165, 1.54) is 25.0 Å². The van der Waals surface area contributed by atoms with Crippen molar-refractivity contribution in [3.63, 3.8) is 0 Å². The molecule has 7 heteroatoms. The van der Waals surface area contributed by atoms with Crippen LogP contribution in [-0.4, -0.2) is 38.8 Å². The van der Waals surface area contributed by atoms with Crippen LogP contribution in [0.2, 0.25) is 0 Å². The third kappa shape index (κ3) is 3.11. The lowest BCUT2D eigenvalue weighted by Gasteiger charge is -2.18. The number of aromatic nitrogens is 3. The largest absolute Gasteiger partial charge is 0.334 e. The van der Waals surface area contributed by atoms with Crippen molar-refractivity contribution in [1.82, 2.24) is 25.0 Å². The Morgan fingerprint density at radius 1 is 1.25 bits per heavy atom. The molecule has 4 rings (SSSR count). The molecule has 0 radical (unpaired) electrons. The van der Waals surface area contributed by atoms with Gasteiger partial charge < -0.3 is 14.8 Å². The lowest BCUT2D eigenvalue weighted by Crippen LogP contribution is -2.38. The molecular weight excluding hydrogens is 309 g/mol. The Kier molecular flexibility index (Phi) is 3.92. The summed E-state index contributed by atoms with van der Waals surface area (Å²) in [6.45, 7) is 1.80. The van der Waals surface area contributed by atoms with Crippen molar-refractivity contribution in [3.05, 3.63) is 47.8 Å². The molecule has 1 aliphatic heterocycles. The van der Waals surface area contributed by atoms with E-state index in [0.29, 0.717) is 19.0 Å². The quantitative estimate of drug-likeness (QED) is 0.937. The second-order valence-electron chi connectivity index (χ2n) is 6.54. The van der Waals surface area contributed by atoms with Gasteiger partial charge in [-0.15, -0.1) is 10.2 Å². The predicted molar refractivity (Wildman–Crippen MR) is 85.9 cm³/mol. The first-order valence-electron chi connectivity index (χ1n) is 8.37. The molecule has 1 atom stereocenters. The summed E-state index contributed by atoms with van der Waals surface area (Å²) < 4.78 is 15.0. The number of nitrogens with zero attached hydrogens (tertiary/aromatic N) is 4. The number of rotatable bonds is 4. The molecule has 126 valence electrons. The van der Waals surface area contributed by atoms with Gasteiger partial charge in [0.15, 0.2) is 0 Å². The van der Waals surface area contributed by atoms with Gasteiger partial charge in [0.2, 0.25) is 0 Å². The minimum absolute atomic E-state index is 0.0807. The smallest absolute Gasteiger partial charge is 0.317 e. The zero-order chi connectivity index (χ0) is 16.5. The summed E-state index contributed by atoms with van der Waals surface area (Å²) in [7, 11) is 0. The highest BCUT2D eigenvalue weighted by Crippen LogP contribution is 2.40. The maximum Gasteiger partial charge on any atom is 0.317 e. The molecule has 1 saturated heterocycles. The first-order chi connectivity index (χ1) is 11.7. The van der Waals surface area contributed by atoms with Crippen molar-refractivity contribution in [2.75, 3.05) is 13.1 Å².